The number of hydrogen-bond acceptors (Lipinski definition) is 4. The third-order valence-corrected chi connectivity index (χ3v) is 7.75. The summed E-state index contributed by atoms with van der Waals surface area (Å²) in [6.45, 7) is 3.67. The van der Waals surface area contributed by atoms with Crippen LogP contribution in [0.4, 0.5) is 10.1 Å². The molecular weight excluding hydrogens is 405 g/mol. The van der Waals surface area contributed by atoms with Gasteiger partial charge in [-0.15, -0.1) is 0 Å². The Morgan fingerprint density at radius 3 is 2.37 bits per heavy atom. The zero-order valence-corrected chi connectivity index (χ0v) is 17.7. The van der Waals surface area contributed by atoms with Crippen molar-refractivity contribution in [1.82, 2.24) is 9.62 Å². The Hall–Kier alpha value is -2.45. The van der Waals surface area contributed by atoms with Gasteiger partial charge in [-0.2, -0.15) is 4.31 Å². The Morgan fingerprint density at radius 2 is 1.73 bits per heavy atom. The van der Waals surface area contributed by atoms with Gasteiger partial charge in [-0.25, -0.2) is 12.8 Å². The molecule has 0 spiro atoms. The van der Waals surface area contributed by atoms with Crippen LogP contribution in [0.1, 0.15) is 30.1 Å². The first-order valence-corrected chi connectivity index (χ1v) is 11.7. The molecule has 8 heteroatoms. The van der Waals surface area contributed by atoms with Crippen molar-refractivity contribution < 1.29 is 17.6 Å². The van der Waals surface area contributed by atoms with E-state index in [-0.39, 0.29) is 22.7 Å². The molecule has 1 saturated carbocycles. The predicted molar refractivity (Wildman–Crippen MR) is 113 cm³/mol. The molecule has 1 aliphatic heterocycles. The molecule has 0 aromatic heterocycles. The number of halogens is 1. The molecule has 0 unspecified atom stereocenters. The van der Waals surface area contributed by atoms with Crippen LogP contribution in [0.3, 0.4) is 0 Å². The number of anilines is 1. The SMILES string of the molecule is C[C@H](NC(=O)c1cccc(S(=O)(=O)N2CCN(c3ccc(F)cc3)CC2)c1)C1CC1. The summed E-state index contributed by atoms with van der Waals surface area (Å²) < 4.78 is 40.8. The third kappa shape index (κ3) is 4.49. The minimum atomic E-state index is -3.70. The third-order valence-electron chi connectivity index (χ3n) is 5.85. The van der Waals surface area contributed by atoms with Crippen LogP contribution in [0.2, 0.25) is 0 Å². The highest BCUT2D eigenvalue weighted by Gasteiger charge is 2.31. The van der Waals surface area contributed by atoms with E-state index in [4.69, 9.17) is 0 Å². The molecule has 2 aromatic rings. The minimum absolute atomic E-state index is 0.0947. The van der Waals surface area contributed by atoms with E-state index in [0.29, 0.717) is 37.7 Å². The highest BCUT2D eigenvalue weighted by molar-refractivity contribution is 7.89. The van der Waals surface area contributed by atoms with E-state index >= 15 is 0 Å². The topological polar surface area (TPSA) is 69.7 Å². The van der Waals surface area contributed by atoms with E-state index in [1.807, 2.05) is 11.8 Å². The maximum absolute atomic E-state index is 13.1. The van der Waals surface area contributed by atoms with Gasteiger partial charge in [0.2, 0.25) is 10.0 Å². The van der Waals surface area contributed by atoms with Gasteiger partial charge in [0.15, 0.2) is 0 Å². The number of nitrogens with zero attached hydrogens (tertiary/aromatic N) is 2. The van der Waals surface area contributed by atoms with Crippen LogP contribution in [0.5, 0.6) is 0 Å². The zero-order chi connectivity index (χ0) is 21.3. The maximum atomic E-state index is 13.1. The van der Waals surface area contributed by atoms with Gasteiger partial charge >= 0.3 is 0 Å². The highest BCUT2D eigenvalue weighted by atomic mass is 32.2. The Labute approximate surface area is 176 Å². The average Bonchev–Trinajstić information content (AvgIpc) is 3.60. The van der Waals surface area contributed by atoms with Crippen molar-refractivity contribution >= 4 is 21.6 Å². The number of carbonyl (C=O) groups excluding carboxylic acids is 1. The van der Waals surface area contributed by atoms with Gasteiger partial charge in [0.05, 0.1) is 4.90 Å². The molecule has 1 N–H and O–H groups in total. The van der Waals surface area contributed by atoms with Crippen molar-refractivity contribution in [1.29, 1.82) is 0 Å². The average molecular weight is 432 g/mol. The number of piperazine rings is 1. The second kappa shape index (κ2) is 8.35. The number of rotatable bonds is 6. The molecule has 1 aliphatic carbocycles. The van der Waals surface area contributed by atoms with E-state index in [9.17, 15) is 17.6 Å². The van der Waals surface area contributed by atoms with E-state index in [1.54, 1.807) is 24.3 Å². The Morgan fingerprint density at radius 1 is 1.07 bits per heavy atom. The van der Waals surface area contributed by atoms with Crippen molar-refractivity contribution in [2.24, 2.45) is 5.92 Å². The molecular formula is C22H26FN3O3S. The van der Waals surface area contributed by atoms with Crippen LogP contribution >= 0.6 is 0 Å². The van der Waals surface area contributed by atoms with Crippen molar-refractivity contribution in [3.05, 3.63) is 59.9 Å². The number of benzene rings is 2. The Kier molecular flexibility index (Phi) is 5.79. The number of sulfonamides is 1. The first-order chi connectivity index (χ1) is 14.3. The van der Waals surface area contributed by atoms with Gasteiger partial charge in [0, 0.05) is 43.5 Å². The summed E-state index contributed by atoms with van der Waals surface area (Å²) in [7, 11) is -3.70. The van der Waals surface area contributed by atoms with Crippen LogP contribution in [-0.2, 0) is 10.0 Å². The van der Waals surface area contributed by atoms with E-state index < -0.39 is 10.0 Å². The van der Waals surface area contributed by atoms with Crippen LogP contribution in [0.25, 0.3) is 0 Å². The van der Waals surface area contributed by atoms with Crippen LogP contribution in [-0.4, -0.2) is 50.9 Å². The second-order valence-electron chi connectivity index (χ2n) is 7.99. The lowest BCUT2D eigenvalue weighted by Gasteiger charge is -2.35. The van der Waals surface area contributed by atoms with Crippen LogP contribution in [0, 0.1) is 11.7 Å². The summed E-state index contributed by atoms with van der Waals surface area (Å²) in [6, 6.07) is 12.5. The molecule has 1 heterocycles. The molecule has 4 rings (SSSR count). The molecule has 1 saturated heterocycles. The smallest absolute Gasteiger partial charge is 0.251 e. The fraction of sp³-hybridized carbons (Fsp3) is 0.409. The quantitative estimate of drug-likeness (QED) is 0.764. The number of carbonyl (C=O) groups is 1. The molecule has 30 heavy (non-hydrogen) atoms. The number of hydrogen-bond donors (Lipinski definition) is 1. The van der Waals surface area contributed by atoms with E-state index in [2.05, 4.69) is 5.32 Å². The largest absolute Gasteiger partial charge is 0.369 e. The summed E-state index contributed by atoms with van der Waals surface area (Å²) in [5.74, 6) is -0.0127. The molecule has 160 valence electrons. The van der Waals surface area contributed by atoms with Crippen molar-refractivity contribution in [2.45, 2.75) is 30.7 Å². The monoisotopic (exact) mass is 431 g/mol. The molecule has 6 nitrogen and oxygen atoms in total. The van der Waals surface area contributed by atoms with Crippen molar-refractivity contribution in [3.8, 4) is 0 Å². The fourth-order valence-electron chi connectivity index (χ4n) is 3.79. The summed E-state index contributed by atoms with van der Waals surface area (Å²) in [5, 5.41) is 2.96. The van der Waals surface area contributed by atoms with Gasteiger partial charge in [-0.3, -0.25) is 4.79 Å². The molecule has 1 atom stereocenters. The van der Waals surface area contributed by atoms with Gasteiger partial charge in [0.25, 0.3) is 5.91 Å². The predicted octanol–water partition coefficient (Wildman–Crippen LogP) is 2.86. The number of amides is 1. The lowest BCUT2D eigenvalue weighted by Crippen LogP contribution is -2.48. The van der Waals surface area contributed by atoms with Gasteiger partial charge in [-0.05, 0) is 68.1 Å². The summed E-state index contributed by atoms with van der Waals surface area (Å²) >= 11 is 0. The molecule has 2 aliphatic rings. The van der Waals surface area contributed by atoms with E-state index in [1.165, 1.54) is 28.6 Å². The second-order valence-corrected chi connectivity index (χ2v) is 9.93. The Bertz CT molecular complexity index is 1010. The number of nitrogens with one attached hydrogen (secondary N) is 1. The van der Waals surface area contributed by atoms with Crippen molar-refractivity contribution in [2.75, 3.05) is 31.1 Å². The molecule has 1 amide bonds. The lowest BCUT2D eigenvalue weighted by atomic mass is 10.1. The van der Waals surface area contributed by atoms with E-state index in [0.717, 1.165) is 18.5 Å². The molecule has 0 radical (unpaired) electrons. The summed E-state index contributed by atoms with van der Waals surface area (Å²) in [5.41, 5.74) is 1.23. The molecule has 2 fully saturated rings. The highest BCUT2D eigenvalue weighted by Crippen LogP contribution is 2.32. The fourth-order valence-corrected chi connectivity index (χ4v) is 5.26. The van der Waals surface area contributed by atoms with Crippen LogP contribution in [0.15, 0.2) is 53.4 Å². The first-order valence-electron chi connectivity index (χ1n) is 10.3. The minimum Gasteiger partial charge on any atom is -0.369 e. The normalized spacial score (nSPS) is 18.8. The van der Waals surface area contributed by atoms with Crippen molar-refractivity contribution in [3.63, 3.8) is 0 Å². The Balaban J connectivity index is 1.43. The van der Waals surface area contributed by atoms with Crippen LogP contribution < -0.4 is 10.2 Å². The first kappa shape index (κ1) is 20.8. The lowest BCUT2D eigenvalue weighted by molar-refractivity contribution is 0.0935. The molecule has 2 aromatic carbocycles. The maximum Gasteiger partial charge on any atom is 0.251 e. The van der Waals surface area contributed by atoms with Gasteiger partial charge < -0.3 is 10.2 Å². The summed E-state index contributed by atoms with van der Waals surface area (Å²) in [6.07, 6.45) is 2.25. The van der Waals surface area contributed by atoms with Gasteiger partial charge in [-0.1, -0.05) is 6.07 Å². The standard InChI is InChI=1S/C22H26FN3O3S/c1-16(17-5-6-17)24-22(27)18-3-2-4-21(15-18)30(28,29)26-13-11-25(12-14-26)20-9-7-19(23)8-10-20/h2-4,7-10,15-17H,5-6,11-14H2,1H3,(H,24,27)/t16-/m0/s1. The van der Waals surface area contributed by atoms with Gasteiger partial charge in [0.1, 0.15) is 5.82 Å². The molecule has 0 bridgehead atoms. The summed E-state index contributed by atoms with van der Waals surface area (Å²) in [4.78, 5) is 14.7. The zero-order valence-electron chi connectivity index (χ0n) is 16.9.